The van der Waals surface area contributed by atoms with Gasteiger partial charge < -0.3 is 10.5 Å². The zero-order chi connectivity index (χ0) is 13.0. The Labute approximate surface area is 108 Å². The van der Waals surface area contributed by atoms with Crippen molar-refractivity contribution in [2.45, 2.75) is 20.3 Å². The van der Waals surface area contributed by atoms with Crippen LogP contribution < -0.4 is 10.5 Å². The third kappa shape index (κ3) is 2.48. The number of benzene rings is 2. The molecule has 0 aromatic heterocycles. The zero-order valence-electron chi connectivity index (χ0n) is 10.9. The van der Waals surface area contributed by atoms with E-state index < -0.39 is 0 Å². The lowest BCUT2D eigenvalue weighted by Gasteiger charge is -2.13. The summed E-state index contributed by atoms with van der Waals surface area (Å²) in [5.74, 6) is 0.924. The number of hydrogen-bond acceptors (Lipinski definition) is 2. The second-order valence-corrected chi connectivity index (χ2v) is 4.36. The number of nitrogens with two attached hydrogens (primary N) is 1. The number of anilines is 1. The molecule has 0 atom stereocenters. The molecular weight excluding hydrogens is 222 g/mol. The Morgan fingerprint density at radius 1 is 1.00 bits per heavy atom. The minimum absolute atomic E-state index is 0.735. The smallest absolute Gasteiger partial charge is 0.127 e. The Balaban J connectivity index is 2.46. The van der Waals surface area contributed by atoms with Crippen molar-refractivity contribution in [3.63, 3.8) is 0 Å². The van der Waals surface area contributed by atoms with Crippen LogP contribution in [-0.2, 0) is 0 Å². The molecule has 0 saturated heterocycles. The minimum Gasteiger partial charge on any atom is -0.493 e. The van der Waals surface area contributed by atoms with Crippen LogP contribution in [0.25, 0.3) is 11.1 Å². The Bertz CT molecular complexity index is 534. The molecule has 0 aliphatic carbocycles. The van der Waals surface area contributed by atoms with Gasteiger partial charge in [-0.3, -0.25) is 0 Å². The lowest BCUT2D eigenvalue weighted by Crippen LogP contribution is -1.98. The van der Waals surface area contributed by atoms with Gasteiger partial charge in [-0.25, -0.2) is 0 Å². The highest BCUT2D eigenvalue weighted by Gasteiger charge is 2.09. The molecule has 2 nitrogen and oxygen atoms in total. The van der Waals surface area contributed by atoms with Crippen molar-refractivity contribution in [1.82, 2.24) is 0 Å². The molecule has 0 bridgehead atoms. The van der Waals surface area contributed by atoms with Crippen LogP contribution in [0.4, 0.5) is 5.69 Å². The SMILES string of the molecule is CCCOc1ccccc1-c1cccc(N)c1C. The molecule has 2 heteroatoms. The fraction of sp³-hybridized carbons (Fsp3) is 0.250. The second-order valence-electron chi connectivity index (χ2n) is 4.36. The number of ether oxygens (including phenoxy) is 1. The monoisotopic (exact) mass is 241 g/mol. The fourth-order valence-electron chi connectivity index (χ4n) is 1.97. The van der Waals surface area contributed by atoms with Gasteiger partial charge in [-0.15, -0.1) is 0 Å². The van der Waals surface area contributed by atoms with Crippen LogP contribution in [0, 0.1) is 6.92 Å². The predicted molar refractivity (Wildman–Crippen MR) is 76.8 cm³/mol. The van der Waals surface area contributed by atoms with Crippen molar-refractivity contribution in [2.75, 3.05) is 12.3 Å². The standard InChI is InChI=1S/C16H19NO/c1-3-11-18-16-10-5-4-7-14(16)13-8-6-9-15(17)12(13)2/h4-10H,3,11,17H2,1-2H3. The summed E-state index contributed by atoms with van der Waals surface area (Å²) in [6, 6.07) is 14.1. The van der Waals surface area contributed by atoms with E-state index in [-0.39, 0.29) is 0 Å². The minimum atomic E-state index is 0.735. The molecule has 0 amide bonds. The van der Waals surface area contributed by atoms with E-state index in [1.807, 2.05) is 37.3 Å². The second kappa shape index (κ2) is 5.58. The molecule has 94 valence electrons. The maximum absolute atomic E-state index is 5.97. The molecule has 0 radical (unpaired) electrons. The molecule has 18 heavy (non-hydrogen) atoms. The van der Waals surface area contributed by atoms with Crippen LogP contribution in [0.15, 0.2) is 42.5 Å². The lowest BCUT2D eigenvalue weighted by atomic mass is 9.98. The predicted octanol–water partition coefficient (Wildman–Crippen LogP) is 4.03. The van der Waals surface area contributed by atoms with Gasteiger partial charge in [-0.1, -0.05) is 37.3 Å². The molecular formula is C16H19NO. The summed E-state index contributed by atoms with van der Waals surface area (Å²) in [5.41, 5.74) is 10.1. The van der Waals surface area contributed by atoms with Gasteiger partial charge in [-0.05, 0) is 36.6 Å². The van der Waals surface area contributed by atoms with E-state index in [1.165, 1.54) is 0 Å². The van der Waals surface area contributed by atoms with Crippen LogP contribution in [0.1, 0.15) is 18.9 Å². The summed E-state index contributed by atoms with van der Waals surface area (Å²) in [4.78, 5) is 0. The maximum Gasteiger partial charge on any atom is 0.127 e. The van der Waals surface area contributed by atoms with Gasteiger partial charge in [0.05, 0.1) is 6.61 Å². The van der Waals surface area contributed by atoms with Gasteiger partial charge in [-0.2, -0.15) is 0 Å². The molecule has 2 aromatic carbocycles. The third-order valence-corrected chi connectivity index (χ3v) is 3.01. The third-order valence-electron chi connectivity index (χ3n) is 3.01. The van der Waals surface area contributed by atoms with Gasteiger partial charge in [0.25, 0.3) is 0 Å². The highest BCUT2D eigenvalue weighted by atomic mass is 16.5. The van der Waals surface area contributed by atoms with E-state index in [0.29, 0.717) is 0 Å². The number of nitrogen functional groups attached to an aromatic ring is 1. The molecule has 0 fully saturated rings. The van der Waals surface area contributed by atoms with E-state index in [1.54, 1.807) is 0 Å². The topological polar surface area (TPSA) is 35.2 Å². The quantitative estimate of drug-likeness (QED) is 0.820. The van der Waals surface area contributed by atoms with Crippen LogP contribution in [0.3, 0.4) is 0 Å². The van der Waals surface area contributed by atoms with E-state index in [4.69, 9.17) is 10.5 Å². The van der Waals surface area contributed by atoms with E-state index in [0.717, 1.165) is 41.2 Å². The highest BCUT2D eigenvalue weighted by molar-refractivity contribution is 5.77. The van der Waals surface area contributed by atoms with Gasteiger partial charge in [0.15, 0.2) is 0 Å². The van der Waals surface area contributed by atoms with Gasteiger partial charge in [0.1, 0.15) is 5.75 Å². The molecule has 0 heterocycles. The average molecular weight is 241 g/mol. The summed E-state index contributed by atoms with van der Waals surface area (Å²) in [6.45, 7) is 4.88. The number of para-hydroxylation sites is 1. The Morgan fingerprint density at radius 3 is 2.50 bits per heavy atom. The summed E-state index contributed by atoms with van der Waals surface area (Å²) in [6.07, 6.45) is 1.00. The van der Waals surface area contributed by atoms with Crippen molar-refractivity contribution in [2.24, 2.45) is 0 Å². The first-order chi connectivity index (χ1) is 8.74. The summed E-state index contributed by atoms with van der Waals surface area (Å²) < 4.78 is 5.79. The van der Waals surface area contributed by atoms with Crippen molar-refractivity contribution >= 4 is 5.69 Å². The van der Waals surface area contributed by atoms with Crippen LogP contribution in [0.2, 0.25) is 0 Å². The largest absolute Gasteiger partial charge is 0.493 e. The maximum atomic E-state index is 5.97. The summed E-state index contributed by atoms with van der Waals surface area (Å²) >= 11 is 0. The molecule has 2 N–H and O–H groups in total. The first-order valence-electron chi connectivity index (χ1n) is 6.31. The first-order valence-corrected chi connectivity index (χ1v) is 6.31. The van der Waals surface area contributed by atoms with Gasteiger partial charge in [0, 0.05) is 11.3 Å². The molecule has 2 rings (SSSR count). The summed E-state index contributed by atoms with van der Waals surface area (Å²) in [5, 5.41) is 0. The van der Waals surface area contributed by atoms with Crippen LogP contribution in [-0.4, -0.2) is 6.61 Å². The molecule has 0 aliphatic rings. The molecule has 0 aliphatic heterocycles. The average Bonchev–Trinajstić information content (AvgIpc) is 2.40. The Kier molecular flexibility index (Phi) is 3.88. The van der Waals surface area contributed by atoms with Gasteiger partial charge in [0.2, 0.25) is 0 Å². The van der Waals surface area contributed by atoms with Gasteiger partial charge >= 0.3 is 0 Å². The number of hydrogen-bond donors (Lipinski definition) is 1. The van der Waals surface area contributed by atoms with Crippen LogP contribution >= 0.6 is 0 Å². The molecule has 0 unspecified atom stereocenters. The highest BCUT2D eigenvalue weighted by Crippen LogP contribution is 2.33. The van der Waals surface area contributed by atoms with Crippen molar-refractivity contribution in [3.05, 3.63) is 48.0 Å². The van der Waals surface area contributed by atoms with Crippen molar-refractivity contribution in [3.8, 4) is 16.9 Å². The first kappa shape index (κ1) is 12.5. The van der Waals surface area contributed by atoms with E-state index in [2.05, 4.69) is 19.1 Å². The number of rotatable bonds is 4. The normalized spacial score (nSPS) is 10.3. The van der Waals surface area contributed by atoms with E-state index >= 15 is 0 Å². The fourth-order valence-corrected chi connectivity index (χ4v) is 1.97. The lowest BCUT2D eigenvalue weighted by molar-refractivity contribution is 0.318. The Morgan fingerprint density at radius 2 is 1.72 bits per heavy atom. The van der Waals surface area contributed by atoms with Crippen molar-refractivity contribution < 1.29 is 4.74 Å². The molecule has 2 aromatic rings. The molecule has 0 saturated carbocycles. The van der Waals surface area contributed by atoms with Crippen LogP contribution in [0.5, 0.6) is 5.75 Å². The Hall–Kier alpha value is -1.96. The van der Waals surface area contributed by atoms with E-state index in [9.17, 15) is 0 Å². The molecule has 0 spiro atoms. The van der Waals surface area contributed by atoms with Crippen molar-refractivity contribution in [1.29, 1.82) is 0 Å². The summed E-state index contributed by atoms with van der Waals surface area (Å²) in [7, 11) is 0. The zero-order valence-corrected chi connectivity index (χ0v) is 10.9.